The summed E-state index contributed by atoms with van der Waals surface area (Å²) >= 11 is 5.87. The maximum Gasteiger partial charge on any atom is 0.319 e. The zero-order valence-corrected chi connectivity index (χ0v) is 11.7. The molecule has 6 nitrogen and oxygen atoms in total. The molecule has 0 atom stereocenters. The number of rotatable bonds is 5. The quantitative estimate of drug-likeness (QED) is 0.811. The molecule has 1 aromatic carbocycles. The number of nitrogens with zero attached hydrogens (tertiary/aromatic N) is 1. The molecule has 0 amide bonds. The number of aromatic amines is 1. The molecule has 2 N–H and O–H groups in total. The zero-order chi connectivity index (χ0) is 14.5. The highest BCUT2D eigenvalue weighted by Gasteiger charge is 2.06. The average molecular weight is 296 g/mol. The molecule has 2 rings (SSSR count). The Morgan fingerprint density at radius 3 is 3.05 bits per heavy atom. The van der Waals surface area contributed by atoms with Gasteiger partial charge in [-0.25, -0.2) is 4.98 Å². The molecule has 0 bridgehead atoms. The molecule has 0 unspecified atom stereocenters. The van der Waals surface area contributed by atoms with Gasteiger partial charge in [-0.3, -0.25) is 14.9 Å². The summed E-state index contributed by atoms with van der Waals surface area (Å²) in [5.74, 6) is 0.0905. The second-order valence-corrected chi connectivity index (χ2v) is 4.52. The SMILES string of the molecule is CCOC(=O)CNCc1nc2cc(Cl)ccc2c(=O)[nH]1. The van der Waals surface area contributed by atoms with Crippen molar-refractivity contribution in [2.75, 3.05) is 13.2 Å². The molecule has 0 aliphatic heterocycles. The number of nitrogens with one attached hydrogen (secondary N) is 2. The molecule has 0 spiro atoms. The fraction of sp³-hybridized carbons (Fsp3) is 0.308. The number of fused-ring (bicyclic) bond motifs is 1. The predicted octanol–water partition coefficient (Wildman–Crippen LogP) is 1.23. The first-order chi connectivity index (χ1) is 9.60. The highest BCUT2D eigenvalue weighted by atomic mass is 35.5. The van der Waals surface area contributed by atoms with Crippen molar-refractivity contribution in [3.63, 3.8) is 0 Å². The van der Waals surface area contributed by atoms with Crippen molar-refractivity contribution in [2.24, 2.45) is 0 Å². The minimum absolute atomic E-state index is 0.0606. The van der Waals surface area contributed by atoms with Crippen LogP contribution in [-0.2, 0) is 16.1 Å². The lowest BCUT2D eigenvalue weighted by Gasteiger charge is -2.05. The van der Waals surface area contributed by atoms with E-state index >= 15 is 0 Å². The van der Waals surface area contributed by atoms with Gasteiger partial charge in [-0.1, -0.05) is 11.6 Å². The van der Waals surface area contributed by atoms with Gasteiger partial charge < -0.3 is 9.72 Å². The van der Waals surface area contributed by atoms with Crippen molar-refractivity contribution in [3.05, 3.63) is 39.4 Å². The van der Waals surface area contributed by atoms with Gasteiger partial charge in [-0.2, -0.15) is 0 Å². The van der Waals surface area contributed by atoms with Gasteiger partial charge in [-0.15, -0.1) is 0 Å². The van der Waals surface area contributed by atoms with Crippen molar-refractivity contribution in [3.8, 4) is 0 Å². The Kier molecular flexibility index (Phi) is 4.70. The van der Waals surface area contributed by atoms with Crippen LogP contribution in [0.15, 0.2) is 23.0 Å². The molecule has 0 fully saturated rings. The third kappa shape index (κ3) is 3.55. The molecule has 106 valence electrons. The number of carbonyl (C=O) groups excluding carboxylic acids is 1. The van der Waals surface area contributed by atoms with Crippen LogP contribution < -0.4 is 10.9 Å². The first-order valence-electron chi connectivity index (χ1n) is 6.15. The van der Waals surface area contributed by atoms with Crippen molar-refractivity contribution < 1.29 is 9.53 Å². The first kappa shape index (κ1) is 14.5. The van der Waals surface area contributed by atoms with Crippen molar-refractivity contribution in [1.82, 2.24) is 15.3 Å². The Bertz CT molecular complexity index is 684. The molecular weight excluding hydrogens is 282 g/mol. The molecule has 0 saturated carbocycles. The van der Waals surface area contributed by atoms with Gasteiger partial charge in [0.25, 0.3) is 5.56 Å². The fourth-order valence-corrected chi connectivity index (χ4v) is 1.91. The first-order valence-corrected chi connectivity index (χ1v) is 6.52. The summed E-state index contributed by atoms with van der Waals surface area (Å²) in [6, 6.07) is 4.89. The van der Waals surface area contributed by atoms with Crippen LogP contribution in [0.5, 0.6) is 0 Å². The van der Waals surface area contributed by atoms with Crippen LogP contribution in [0, 0.1) is 0 Å². The summed E-state index contributed by atoms with van der Waals surface area (Å²) < 4.78 is 4.78. The van der Waals surface area contributed by atoms with E-state index < -0.39 is 0 Å². The summed E-state index contributed by atoms with van der Waals surface area (Å²) in [5.41, 5.74) is 0.286. The van der Waals surface area contributed by atoms with E-state index in [0.717, 1.165) is 0 Å². The van der Waals surface area contributed by atoms with E-state index in [0.29, 0.717) is 28.4 Å². The number of H-pyrrole nitrogens is 1. The molecule has 20 heavy (non-hydrogen) atoms. The van der Waals surface area contributed by atoms with Gasteiger partial charge >= 0.3 is 5.97 Å². The van der Waals surface area contributed by atoms with Gasteiger partial charge in [0.2, 0.25) is 0 Å². The largest absolute Gasteiger partial charge is 0.465 e. The van der Waals surface area contributed by atoms with E-state index in [4.69, 9.17) is 16.3 Å². The summed E-state index contributed by atoms with van der Waals surface area (Å²) in [4.78, 5) is 30.0. The van der Waals surface area contributed by atoms with Crippen LogP contribution in [0.25, 0.3) is 10.9 Å². The molecule has 2 aromatic rings. The Labute approximate surface area is 120 Å². The maximum absolute atomic E-state index is 11.9. The van der Waals surface area contributed by atoms with Gasteiger partial charge in [-0.05, 0) is 25.1 Å². The number of hydrogen-bond acceptors (Lipinski definition) is 5. The molecule has 0 radical (unpaired) electrons. The monoisotopic (exact) mass is 295 g/mol. The molecule has 0 aliphatic carbocycles. The highest BCUT2D eigenvalue weighted by Crippen LogP contribution is 2.14. The Balaban J connectivity index is 2.11. The Morgan fingerprint density at radius 1 is 1.50 bits per heavy atom. The number of esters is 1. The molecule has 1 aromatic heterocycles. The smallest absolute Gasteiger partial charge is 0.319 e. The van der Waals surface area contributed by atoms with Gasteiger partial charge in [0.1, 0.15) is 5.82 Å². The summed E-state index contributed by atoms with van der Waals surface area (Å²) in [6.45, 7) is 2.40. The van der Waals surface area contributed by atoms with Gasteiger partial charge in [0, 0.05) is 5.02 Å². The van der Waals surface area contributed by atoms with Crippen LogP contribution in [0.3, 0.4) is 0 Å². The van der Waals surface area contributed by atoms with E-state index in [2.05, 4.69) is 15.3 Å². The van der Waals surface area contributed by atoms with E-state index in [1.165, 1.54) is 0 Å². The molecule has 7 heteroatoms. The van der Waals surface area contributed by atoms with Crippen LogP contribution in [0.2, 0.25) is 5.02 Å². The summed E-state index contributed by atoms with van der Waals surface area (Å²) in [7, 11) is 0. The molecule has 1 heterocycles. The third-order valence-electron chi connectivity index (χ3n) is 2.58. The number of aromatic nitrogens is 2. The van der Waals surface area contributed by atoms with Crippen LogP contribution in [0.4, 0.5) is 0 Å². The molecule has 0 aliphatic rings. The lowest BCUT2D eigenvalue weighted by molar-refractivity contribution is -0.142. The number of halogens is 1. The molecular formula is C13H14ClN3O3. The minimum atomic E-state index is -0.348. The van der Waals surface area contributed by atoms with Crippen LogP contribution in [-0.4, -0.2) is 29.1 Å². The normalized spacial score (nSPS) is 10.7. The maximum atomic E-state index is 11.9. The highest BCUT2D eigenvalue weighted by molar-refractivity contribution is 6.31. The van der Waals surface area contributed by atoms with Gasteiger partial charge in [0.15, 0.2) is 0 Å². The number of carbonyl (C=O) groups is 1. The lowest BCUT2D eigenvalue weighted by atomic mass is 10.2. The van der Waals surface area contributed by atoms with E-state index in [9.17, 15) is 9.59 Å². The van der Waals surface area contributed by atoms with Crippen molar-refractivity contribution >= 4 is 28.5 Å². The fourth-order valence-electron chi connectivity index (χ4n) is 1.74. The van der Waals surface area contributed by atoms with Crippen LogP contribution >= 0.6 is 11.6 Å². The van der Waals surface area contributed by atoms with Crippen molar-refractivity contribution in [2.45, 2.75) is 13.5 Å². The standard InChI is InChI=1S/C13H14ClN3O3/c1-2-20-12(18)7-15-6-11-16-10-5-8(14)3-4-9(10)13(19)17-11/h3-5,15H,2,6-7H2,1H3,(H,16,17,19). The summed E-state index contributed by atoms with van der Waals surface area (Å²) in [5, 5.41) is 3.84. The topological polar surface area (TPSA) is 84.1 Å². The van der Waals surface area contributed by atoms with Crippen LogP contribution in [0.1, 0.15) is 12.7 Å². The second kappa shape index (κ2) is 6.49. The number of ether oxygens (including phenoxy) is 1. The van der Waals surface area contributed by atoms with Gasteiger partial charge in [0.05, 0.1) is 30.6 Å². The molecule has 0 saturated heterocycles. The second-order valence-electron chi connectivity index (χ2n) is 4.08. The predicted molar refractivity (Wildman–Crippen MR) is 75.7 cm³/mol. The number of hydrogen-bond donors (Lipinski definition) is 2. The number of benzene rings is 1. The van der Waals surface area contributed by atoms with E-state index in [-0.39, 0.29) is 24.6 Å². The van der Waals surface area contributed by atoms with Crippen molar-refractivity contribution in [1.29, 1.82) is 0 Å². The van der Waals surface area contributed by atoms with E-state index in [1.54, 1.807) is 25.1 Å². The lowest BCUT2D eigenvalue weighted by Crippen LogP contribution is -2.26. The average Bonchev–Trinajstić information content (AvgIpc) is 2.38. The Hall–Kier alpha value is -1.92. The third-order valence-corrected chi connectivity index (χ3v) is 2.82. The van der Waals surface area contributed by atoms with E-state index in [1.807, 2.05) is 0 Å². The minimum Gasteiger partial charge on any atom is -0.465 e. The zero-order valence-electron chi connectivity index (χ0n) is 10.9. The Morgan fingerprint density at radius 2 is 2.30 bits per heavy atom. The summed E-state index contributed by atoms with van der Waals surface area (Å²) in [6.07, 6.45) is 0.